The number of piperidine rings is 1. The highest BCUT2D eigenvalue weighted by atomic mass is 28.3. The molecule has 1 aromatic heterocycles. The molecule has 2 aliphatic heterocycles. The van der Waals surface area contributed by atoms with Crippen molar-refractivity contribution in [3.8, 4) is 5.75 Å². The van der Waals surface area contributed by atoms with Crippen LogP contribution >= 0.6 is 0 Å². The first-order valence-corrected chi connectivity index (χ1v) is 15.3. The number of nitrogens with two attached hydrogens (primary N) is 1. The summed E-state index contributed by atoms with van der Waals surface area (Å²) in [6, 6.07) is 6.15. The molecule has 4 amide bonds. The lowest BCUT2D eigenvalue weighted by Crippen LogP contribution is -2.53. The van der Waals surface area contributed by atoms with Gasteiger partial charge in [0.05, 0.1) is 15.2 Å². The van der Waals surface area contributed by atoms with Crippen LogP contribution < -0.4 is 21.1 Å². The Labute approximate surface area is 204 Å². The van der Waals surface area contributed by atoms with E-state index in [9.17, 15) is 19.2 Å². The van der Waals surface area contributed by atoms with Crippen LogP contribution in [-0.2, 0) is 14.4 Å². The Morgan fingerprint density at radius 1 is 1.31 bits per heavy atom. The fourth-order valence-electron chi connectivity index (χ4n) is 5.15. The summed E-state index contributed by atoms with van der Waals surface area (Å²) >= 11 is 0. The molecular weight excluding hydrogens is 466 g/mol. The van der Waals surface area contributed by atoms with Crippen LogP contribution in [0.25, 0.3) is 10.9 Å². The number of primary amides is 1. The number of fused-ring (bicyclic) bond motifs is 1. The molecule has 2 aliphatic rings. The minimum Gasteiger partial charge on any atom is -0.496 e. The summed E-state index contributed by atoms with van der Waals surface area (Å²) in [5.74, 6) is -1.23. The highest BCUT2D eigenvalue weighted by molar-refractivity contribution is 6.79. The predicted octanol–water partition coefficient (Wildman–Crippen LogP) is 1.13. The molecular formula is C24H33N5O5Si. The van der Waals surface area contributed by atoms with Crippen molar-refractivity contribution in [1.82, 2.24) is 20.5 Å². The second kappa shape index (κ2) is 9.72. The maximum Gasteiger partial charge on any atom is 0.270 e. The summed E-state index contributed by atoms with van der Waals surface area (Å²) in [4.78, 5) is 56.0. The Kier molecular flexibility index (Phi) is 6.88. The van der Waals surface area contributed by atoms with Gasteiger partial charge in [0.15, 0.2) is 0 Å². The summed E-state index contributed by atoms with van der Waals surface area (Å²) in [7, 11) is -0.314. The molecule has 0 saturated carbocycles. The fourth-order valence-corrected chi connectivity index (χ4v) is 8.02. The average molecular weight is 500 g/mol. The van der Waals surface area contributed by atoms with E-state index in [1.165, 1.54) is 0 Å². The molecule has 0 bridgehead atoms. The van der Waals surface area contributed by atoms with E-state index < -0.39 is 32.0 Å². The largest absolute Gasteiger partial charge is 0.496 e. The van der Waals surface area contributed by atoms with Gasteiger partial charge in [0, 0.05) is 29.5 Å². The molecule has 2 aromatic rings. The lowest BCUT2D eigenvalue weighted by Gasteiger charge is -2.28. The van der Waals surface area contributed by atoms with Gasteiger partial charge >= 0.3 is 0 Å². The van der Waals surface area contributed by atoms with Crippen molar-refractivity contribution >= 4 is 42.6 Å². The van der Waals surface area contributed by atoms with Gasteiger partial charge in [0.25, 0.3) is 5.91 Å². The SMILES string of the molecule is COc1cccc2[nH]c(C(=O)N3C[Si](C)(C)C[C@H]3C(=O)NC(C[C@@H]3CCCNC3=O)C(N)=O)cc12. The monoisotopic (exact) mass is 499 g/mol. The second-order valence-electron chi connectivity index (χ2n) is 10.3. The number of amides is 4. The number of aromatic nitrogens is 1. The quantitative estimate of drug-likeness (QED) is 0.422. The summed E-state index contributed by atoms with van der Waals surface area (Å²) in [5, 5.41) is 6.33. The molecule has 0 aliphatic carbocycles. The number of aromatic amines is 1. The third-order valence-corrected chi connectivity index (χ3v) is 9.63. The Morgan fingerprint density at radius 3 is 2.77 bits per heavy atom. The number of carbonyl (C=O) groups is 4. The molecule has 10 nitrogen and oxygen atoms in total. The molecule has 1 aromatic carbocycles. The maximum absolute atomic E-state index is 13.5. The van der Waals surface area contributed by atoms with Crippen LogP contribution in [0.5, 0.6) is 5.75 Å². The molecule has 5 N–H and O–H groups in total. The van der Waals surface area contributed by atoms with E-state index in [-0.39, 0.29) is 24.2 Å². The highest BCUT2D eigenvalue weighted by Gasteiger charge is 2.46. The number of hydrogen-bond donors (Lipinski definition) is 4. The number of benzene rings is 1. The highest BCUT2D eigenvalue weighted by Crippen LogP contribution is 2.31. The van der Waals surface area contributed by atoms with Gasteiger partial charge in [0.2, 0.25) is 17.7 Å². The van der Waals surface area contributed by atoms with E-state index in [2.05, 4.69) is 28.7 Å². The third kappa shape index (κ3) is 5.19. The molecule has 4 rings (SSSR count). The minimum absolute atomic E-state index is 0.128. The zero-order chi connectivity index (χ0) is 25.3. The summed E-state index contributed by atoms with van der Waals surface area (Å²) in [6.07, 6.45) is 2.12. The van der Waals surface area contributed by atoms with Gasteiger partial charge < -0.3 is 31.0 Å². The first-order valence-electron chi connectivity index (χ1n) is 11.9. The lowest BCUT2D eigenvalue weighted by molar-refractivity contribution is -0.132. The molecule has 35 heavy (non-hydrogen) atoms. The number of rotatable bonds is 7. The van der Waals surface area contributed by atoms with Gasteiger partial charge in [-0.05, 0) is 43.5 Å². The number of methoxy groups -OCH3 is 1. The Balaban J connectivity index is 1.54. The second-order valence-corrected chi connectivity index (χ2v) is 15.3. The molecule has 1 unspecified atom stereocenters. The van der Waals surface area contributed by atoms with Crippen molar-refractivity contribution in [2.24, 2.45) is 11.7 Å². The van der Waals surface area contributed by atoms with Crippen LogP contribution in [0.15, 0.2) is 24.3 Å². The molecule has 3 heterocycles. The summed E-state index contributed by atoms with van der Waals surface area (Å²) < 4.78 is 5.40. The molecule has 11 heteroatoms. The predicted molar refractivity (Wildman–Crippen MR) is 133 cm³/mol. The van der Waals surface area contributed by atoms with Gasteiger partial charge in [-0.25, -0.2) is 0 Å². The van der Waals surface area contributed by atoms with Crippen LogP contribution in [0.2, 0.25) is 19.1 Å². The number of nitrogens with zero attached hydrogens (tertiary/aromatic N) is 1. The van der Waals surface area contributed by atoms with Crippen molar-refractivity contribution in [1.29, 1.82) is 0 Å². The van der Waals surface area contributed by atoms with E-state index in [0.717, 1.165) is 17.3 Å². The van der Waals surface area contributed by atoms with E-state index in [1.807, 2.05) is 18.2 Å². The molecule has 2 fully saturated rings. The lowest BCUT2D eigenvalue weighted by atomic mass is 9.91. The maximum atomic E-state index is 13.5. The standard InChI is InChI=1S/C24H33N5O5Si/c1-34-20-8-4-7-16-15(20)11-18(27-16)24(33)29-13-35(2,3)12-19(29)23(32)28-17(21(25)30)10-14-6-5-9-26-22(14)31/h4,7-8,11,14,17,19,27H,5-6,9-10,12-13H2,1-3H3,(H2,25,30)(H,26,31)(H,28,32)/t14-,17?,19-/m0/s1. The molecule has 3 atom stereocenters. The Morgan fingerprint density at radius 2 is 2.09 bits per heavy atom. The number of H-pyrrole nitrogens is 1. The van der Waals surface area contributed by atoms with E-state index in [1.54, 1.807) is 18.1 Å². The van der Waals surface area contributed by atoms with Crippen LogP contribution in [0.1, 0.15) is 29.8 Å². The van der Waals surface area contributed by atoms with Crippen LogP contribution in [0.3, 0.4) is 0 Å². The number of nitrogens with one attached hydrogen (secondary N) is 3. The first-order chi connectivity index (χ1) is 16.6. The smallest absolute Gasteiger partial charge is 0.270 e. The van der Waals surface area contributed by atoms with E-state index >= 15 is 0 Å². The van der Waals surface area contributed by atoms with Crippen molar-refractivity contribution in [3.63, 3.8) is 0 Å². The van der Waals surface area contributed by atoms with E-state index in [4.69, 9.17) is 10.5 Å². The molecule has 2 saturated heterocycles. The van der Waals surface area contributed by atoms with Gasteiger partial charge in [-0.3, -0.25) is 19.2 Å². The van der Waals surface area contributed by atoms with Crippen molar-refractivity contribution in [2.75, 3.05) is 19.8 Å². The van der Waals surface area contributed by atoms with Crippen LogP contribution in [0, 0.1) is 5.92 Å². The zero-order valence-corrected chi connectivity index (χ0v) is 21.3. The molecule has 188 valence electrons. The molecule has 0 spiro atoms. The zero-order valence-electron chi connectivity index (χ0n) is 20.3. The topological polar surface area (TPSA) is 147 Å². The fraction of sp³-hybridized carbons (Fsp3) is 0.500. The average Bonchev–Trinajstić information content (AvgIpc) is 3.39. The van der Waals surface area contributed by atoms with Crippen molar-refractivity contribution in [3.05, 3.63) is 30.0 Å². The number of ether oxygens (including phenoxy) is 1. The van der Waals surface area contributed by atoms with Crippen molar-refractivity contribution < 1.29 is 23.9 Å². The van der Waals surface area contributed by atoms with Gasteiger partial charge in [-0.1, -0.05) is 19.2 Å². The van der Waals surface area contributed by atoms with Crippen LogP contribution in [0.4, 0.5) is 0 Å². The van der Waals surface area contributed by atoms with Crippen LogP contribution in [-0.4, -0.2) is 73.5 Å². The van der Waals surface area contributed by atoms with E-state index in [0.29, 0.717) is 36.6 Å². The Hall–Kier alpha value is -3.34. The number of hydrogen-bond acceptors (Lipinski definition) is 5. The summed E-state index contributed by atoms with van der Waals surface area (Å²) in [6.45, 7) is 4.88. The number of carbonyl (C=O) groups excluding carboxylic acids is 4. The third-order valence-electron chi connectivity index (χ3n) is 6.94. The minimum atomic E-state index is -1.89. The first kappa shape index (κ1) is 24.8. The van der Waals surface area contributed by atoms with Gasteiger partial charge in [0.1, 0.15) is 23.5 Å². The molecule has 0 radical (unpaired) electrons. The van der Waals surface area contributed by atoms with Gasteiger partial charge in [-0.2, -0.15) is 0 Å². The van der Waals surface area contributed by atoms with Gasteiger partial charge in [-0.15, -0.1) is 0 Å². The summed E-state index contributed by atoms with van der Waals surface area (Å²) in [5.41, 5.74) is 6.72. The normalized spacial score (nSPS) is 22.5. The van der Waals surface area contributed by atoms with Crippen molar-refractivity contribution in [2.45, 2.75) is 50.5 Å². The Bertz CT molecular complexity index is 1160.